The van der Waals surface area contributed by atoms with Gasteiger partial charge >= 0.3 is 17.9 Å². The van der Waals surface area contributed by atoms with Crippen molar-refractivity contribution in [1.29, 1.82) is 10.5 Å². The molecule has 0 aromatic carbocycles. The van der Waals surface area contributed by atoms with Crippen molar-refractivity contribution in [3.05, 3.63) is 118 Å². The first-order valence-electron chi connectivity index (χ1n) is 15.1. The third-order valence-electron chi connectivity index (χ3n) is 6.96. The molecular weight excluding hydrogens is 642 g/mol. The Kier molecular flexibility index (Phi) is 16.4. The van der Waals surface area contributed by atoms with Gasteiger partial charge in [-0.3, -0.25) is 9.78 Å². The summed E-state index contributed by atoms with van der Waals surface area (Å²) in [4.78, 5) is 60.2. The number of fused-ring (bicyclic) bond motifs is 1. The highest BCUT2D eigenvalue weighted by atomic mass is 16.5. The van der Waals surface area contributed by atoms with E-state index in [0.717, 1.165) is 17.7 Å². The van der Waals surface area contributed by atoms with Crippen molar-refractivity contribution in [3.63, 3.8) is 0 Å². The van der Waals surface area contributed by atoms with Crippen LogP contribution >= 0.6 is 0 Å². The van der Waals surface area contributed by atoms with Gasteiger partial charge < -0.3 is 19.5 Å². The number of carbonyl (C=O) groups excluding carboxylic acids is 4. The van der Waals surface area contributed by atoms with Crippen molar-refractivity contribution in [2.45, 2.75) is 39.0 Å². The van der Waals surface area contributed by atoms with E-state index in [1.54, 1.807) is 49.6 Å². The summed E-state index contributed by atoms with van der Waals surface area (Å²) in [6.07, 6.45) is 6.38. The highest BCUT2D eigenvalue weighted by Gasteiger charge is 2.22. The summed E-state index contributed by atoms with van der Waals surface area (Å²) in [5.74, 6) is -1.44. The quantitative estimate of drug-likeness (QED) is 0.227. The fraction of sp³-hybridized carbons (Fsp3) is 0.278. The molecule has 4 aromatic rings. The maximum atomic E-state index is 11.3. The Hall–Kier alpha value is -6.54. The highest BCUT2D eigenvalue weighted by molar-refractivity contribution is 5.95. The number of rotatable bonds is 5. The Morgan fingerprint density at radius 1 is 0.820 bits per heavy atom. The van der Waals surface area contributed by atoms with Crippen molar-refractivity contribution < 1.29 is 33.4 Å². The molecule has 0 bridgehead atoms. The molecule has 0 saturated carbocycles. The van der Waals surface area contributed by atoms with E-state index in [2.05, 4.69) is 52.5 Å². The predicted octanol–water partition coefficient (Wildman–Crippen LogP) is 4.53. The molecule has 5 heterocycles. The molecule has 4 aromatic heterocycles. The molecule has 0 aliphatic carbocycles. The second-order valence-electron chi connectivity index (χ2n) is 10.3. The molecule has 1 aliphatic heterocycles. The maximum Gasteiger partial charge on any atom is 0.356 e. The van der Waals surface area contributed by atoms with Gasteiger partial charge in [0.25, 0.3) is 5.91 Å². The average Bonchev–Trinajstić information content (AvgIpc) is 3.16. The first kappa shape index (κ1) is 39.6. The third-order valence-corrected chi connectivity index (χ3v) is 6.96. The number of hydrogen-bond acceptors (Lipinski definition) is 13. The molecule has 14 heteroatoms. The summed E-state index contributed by atoms with van der Waals surface area (Å²) >= 11 is 0. The largest absolute Gasteiger partial charge is 0.464 e. The number of amides is 1. The van der Waals surface area contributed by atoms with E-state index in [1.165, 1.54) is 33.7 Å². The smallest absolute Gasteiger partial charge is 0.356 e. The van der Waals surface area contributed by atoms with Crippen LogP contribution in [-0.2, 0) is 20.6 Å². The molecule has 0 radical (unpaired) electrons. The molecule has 0 fully saturated rings. The van der Waals surface area contributed by atoms with Gasteiger partial charge in [-0.05, 0) is 54.8 Å². The molecule has 1 amide bonds. The number of esters is 3. The van der Waals surface area contributed by atoms with E-state index in [-0.39, 0.29) is 35.6 Å². The third kappa shape index (κ3) is 11.3. The van der Waals surface area contributed by atoms with Crippen LogP contribution in [0, 0.1) is 29.6 Å². The molecule has 14 nitrogen and oxygen atoms in total. The molecule has 50 heavy (non-hydrogen) atoms. The summed E-state index contributed by atoms with van der Waals surface area (Å²) in [5.41, 5.74) is 4.47. The van der Waals surface area contributed by atoms with E-state index in [9.17, 15) is 19.2 Å². The Morgan fingerprint density at radius 2 is 1.34 bits per heavy atom. The normalized spacial score (nSPS) is 12.7. The predicted molar refractivity (Wildman–Crippen MR) is 180 cm³/mol. The monoisotopic (exact) mass is 679 g/mol. The average molecular weight is 680 g/mol. The van der Waals surface area contributed by atoms with E-state index in [1.807, 2.05) is 31.2 Å². The molecule has 1 aliphatic rings. The first-order valence-corrected chi connectivity index (χ1v) is 15.1. The molecule has 258 valence electrons. The van der Waals surface area contributed by atoms with Crippen LogP contribution in [0.5, 0.6) is 0 Å². The zero-order valence-electron chi connectivity index (χ0n) is 28.5. The van der Waals surface area contributed by atoms with Crippen molar-refractivity contribution in [2.24, 2.45) is 0 Å². The van der Waals surface area contributed by atoms with Crippen LogP contribution in [0.3, 0.4) is 0 Å². The van der Waals surface area contributed by atoms with Crippen LogP contribution < -0.4 is 5.32 Å². The standard InChI is InChI=1S/C10H10N2O2.C9H8N2O2.C9H10N2O.C8H9NO2/c1-7(6-11)8-4-3-5-12-9(8)10(13)14-2;1-13-9(12)8-7(4-5-10)3-2-6-11-8;1-6-5-11-9(12)8-7(6)3-2-4-10-8;1-6-4-3-5-9-7(6)8(10)11-2/h3-5,7H,1-2H3;2-3,6H,4H2,1H3;2-4,6H,5H2,1H3,(H,11,12);3-5H,1-2H3. The van der Waals surface area contributed by atoms with Crippen molar-refractivity contribution in [2.75, 3.05) is 27.9 Å². The fourth-order valence-electron chi connectivity index (χ4n) is 4.29. The van der Waals surface area contributed by atoms with Gasteiger partial charge in [0.2, 0.25) is 0 Å². The fourth-order valence-corrected chi connectivity index (χ4v) is 4.29. The van der Waals surface area contributed by atoms with Crippen molar-refractivity contribution >= 4 is 23.8 Å². The zero-order chi connectivity index (χ0) is 37.1. The number of nitrogens with one attached hydrogen (secondary N) is 1. The minimum atomic E-state index is -0.511. The Morgan fingerprint density at radius 3 is 1.92 bits per heavy atom. The lowest BCUT2D eigenvalue weighted by molar-refractivity contribution is 0.0584. The topological polar surface area (TPSA) is 207 Å². The van der Waals surface area contributed by atoms with Gasteiger partial charge in [-0.2, -0.15) is 10.5 Å². The van der Waals surface area contributed by atoms with Gasteiger partial charge in [0.1, 0.15) is 5.69 Å². The zero-order valence-corrected chi connectivity index (χ0v) is 28.5. The molecule has 0 spiro atoms. The second-order valence-corrected chi connectivity index (χ2v) is 10.3. The van der Waals surface area contributed by atoms with E-state index < -0.39 is 11.9 Å². The van der Waals surface area contributed by atoms with Crippen molar-refractivity contribution in [1.82, 2.24) is 25.3 Å². The van der Waals surface area contributed by atoms with Crippen molar-refractivity contribution in [3.8, 4) is 12.1 Å². The van der Waals surface area contributed by atoms with Crippen LogP contribution in [0.4, 0.5) is 0 Å². The molecule has 2 atom stereocenters. The van der Waals surface area contributed by atoms with Gasteiger partial charge in [-0.1, -0.05) is 31.2 Å². The van der Waals surface area contributed by atoms with E-state index >= 15 is 0 Å². The second kappa shape index (κ2) is 20.6. The van der Waals surface area contributed by atoms with Gasteiger partial charge in [0.15, 0.2) is 17.1 Å². The lowest BCUT2D eigenvalue weighted by Crippen LogP contribution is -2.34. The van der Waals surface area contributed by atoms with Crippen LogP contribution in [0.2, 0.25) is 0 Å². The minimum absolute atomic E-state index is 0.0521. The lowest BCUT2D eigenvalue weighted by atomic mass is 9.96. The SMILES string of the molecule is CC1CNC(=O)c2ncccc21.COC(=O)c1ncccc1C.COC(=O)c1ncccc1C(C)C#N.COC(=O)c1ncccc1CC#N. The number of methoxy groups -OCH3 is 3. The summed E-state index contributed by atoms with van der Waals surface area (Å²) in [6, 6.07) is 18.2. The number of carbonyl (C=O) groups is 4. The lowest BCUT2D eigenvalue weighted by Gasteiger charge is -2.20. The number of nitriles is 2. The Labute approximate surface area is 290 Å². The van der Waals surface area contributed by atoms with E-state index in [0.29, 0.717) is 28.4 Å². The number of hydrogen-bond donors (Lipinski definition) is 1. The number of ether oxygens (including phenoxy) is 3. The number of pyridine rings is 4. The van der Waals surface area contributed by atoms with Crippen LogP contribution in [0.1, 0.15) is 89.9 Å². The summed E-state index contributed by atoms with van der Waals surface area (Å²) < 4.78 is 13.6. The first-order chi connectivity index (χ1) is 24.0. The van der Waals surface area contributed by atoms with Crippen LogP contribution in [0.15, 0.2) is 73.3 Å². The van der Waals surface area contributed by atoms with Gasteiger partial charge in [0.05, 0.1) is 45.8 Å². The van der Waals surface area contributed by atoms with Gasteiger partial charge in [0, 0.05) is 42.8 Å². The summed E-state index contributed by atoms with van der Waals surface area (Å²) in [7, 11) is 3.92. The van der Waals surface area contributed by atoms with E-state index in [4.69, 9.17) is 10.5 Å². The molecule has 5 rings (SSSR count). The molecule has 1 N–H and O–H groups in total. The number of nitrogens with zero attached hydrogens (tertiary/aromatic N) is 6. The highest BCUT2D eigenvalue weighted by Crippen LogP contribution is 2.21. The van der Waals surface area contributed by atoms with Crippen LogP contribution in [0.25, 0.3) is 0 Å². The van der Waals surface area contributed by atoms with Crippen LogP contribution in [-0.4, -0.2) is 71.6 Å². The summed E-state index contributed by atoms with van der Waals surface area (Å²) in [5, 5.41) is 20.0. The minimum Gasteiger partial charge on any atom is -0.464 e. The number of aromatic nitrogens is 4. The Bertz CT molecular complexity index is 1870. The van der Waals surface area contributed by atoms with Gasteiger partial charge in [-0.25, -0.2) is 29.3 Å². The number of aryl methyl sites for hydroxylation is 1. The van der Waals surface area contributed by atoms with Gasteiger partial charge in [-0.15, -0.1) is 0 Å². The Balaban J connectivity index is 0.000000232. The maximum absolute atomic E-state index is 11.3. The summed E-state index contributed by atoms with van der Waals surface area (Å²) in [6.45, 7) is 6.33. The molecule has 0 saturated heterocycles. The molecule has 2 unspecified atom stereocenters. The molecular formula is C36H37N7O7.